The minimum atomic E-state index is -0.115. The maximum atomic E-state index is 6.86. The van der Waals surface area contributed by atoms with Crippen molar-refractivity contribution in [2.45, 2.75) is 37.3 Å². The van der Waals surface area contributed by atoms with Crippen LogP contribution < -0.4 is 11.5 Å². The van der Waals surface area contributed by atoms with Crippen molar-refractivity contribution in [3.8, 4) is 11.1 Å². The first-order chi connectivity index (χ1) is 18.5. The Kier molecular flexibility index (Phi) is 8.46. The predicted octanol–water partition coefficient (Wildman–Crippen LogP) is 9.47. The molecule has 5 aromatic rings. The zero-order valence-corrected chi connectivity index (χ0v) is 22.7. The Labute approximate surface area is 235 Å². The number of halogens is 2. The van der Waals surface area contributed by atoms with Gasteiger partial charge in [-0.2, -0.15) is 0 Å². The van der Waals surface area contributed by atoms with E-state index in [1.807, 2.05) is 30.3 Å². The minimum Gasteiger partial charge on any atom is -0.324 e. The highest BCUT2D eigenvalue weighted by molar-refractivity contribution is 6.43. The number of nitrogens with two attached hydrogens (primary N) is 2. The van der Waals surface area contributed by atoms with Crippen molar-refractivity contribution in [2.24, 2.45) is 11.5 Å². The summed E-state index contributed by atoms with van der Waals surface area (Å²) in [5, 5.41) is 3.65. The Morgan fingerprint density at radius 1 is 0.579 bits per heavy atom. The molecular formula is C34H32Cl2N2. The summed E-state index contributed by atoms with van der Waals surface area (Å²) in [4.78, 5) is 0. The molecule has 3 unspecified atom stereocenters. The van der Waals surface area contributed by atoms with Gasteiger partial charge in [-0.25, -0.2) is 0 Å². The minimum absolute atomic E-state index is 0.00775. The molecule has 3 atom stereocenters. The highest BCUT2D eigenvalue weighted by Crippen LogP contribution is 2.38. The summed E-state index contributed by atoms with van der Waals surface area (Å²) in [6, 6.07) is 39.4. The maximum absolute atomic E-state index is 6.86. The topological polar surface area (TPSA) is 52.0 Å². The molecule has 0 radical (unpaired) electrons. The molecule has 2 nitrogen and oxygen atoms in total. The summed E-state index contributed by atoms with van der Waals surface area (Å²) >= 11 is 12.7. The van der Waals surface area contributed by atoms with Crippen LogP contribution in [0.25, 0.3) is 21.9 Å². The third kappa shape index (κ3) is 5.95. The van der Waals surface area contributed by atoms with E-state index < -0.39 is 0 Å². The van der Waals surface area contributed by atoms with Crippen molar-refractivity contribution >= 4 is 34.0 Å². The fourth-order valence-corrected chi connectivity index (χ4v) is 5.74. The molecule has 0 fully saturated rings. The number of hydrogen-bond acceptors (Lipinski definition) is 2. The van der Waals surface area contributed by atoms with Crippen LogP contribution in [0.4, 0.5) is 0 Å². The molecule has 5 aromatic carbocycles. The van der Waals surface area contributed by atoms with Crippen molar-refractivity contribution in [3.63, 3.8) is 0 Å². The van der Waals surface area contributed by atoms with E-state index in [1.54, 1.807) is 6.07 Å². The summed E-state index contributed by atoms with van der Waals surface area (Å²) in [6.45, 7) is 0. The van der Waals surface area contributed by atoms with Gasteiger partial charge in [0.15, 0.2) is 0 Å². The van der Waals surface area contributed by atoms with Crippen molar-refractivity contribution < 1.29 is 0 Å². The smallest absolute Gasteiger partial charge is 0.0670 e. The van der Waals surface area contributed by atoms with Gasteiger partial charge in [0.25, 0.3) is 0 Å². The lowest BCUT2D eigenvalue weighted by Crippen LogP contribution is -2.17. The first kappa shape index (κ1) is 26.5. The van der Waals surface area contributed by atoms with Gasteiger partial charge < -0.3 is 11.5 Å². The zero-order valence-electron chi connectivity index (χ0n) is 21.2. The van der Waals surface area contributed by atoms with E-state index in [9.17, 15) is 0 Å². The van der Waals surface area contributed by atoms with Gasteiger partial charge in [-0.15, -0.1) is 0 Å². The molecule has 38 heavy (non-hydrogen) atoms. The molecule has 0 aromatic heterocycles. The molecule has 0 amide bonds. The molecule has 0 aliphatic carbocycles. The van der Waals surface area contributed by atoms with E-state index in [-0.39, 0.29) is 18.0 Å². The molecule has 4 N–H and O–H groups in total. The molecule has 0 aliphatic heterocycles. The molecular weight excluding hydrogens is 507 g/mol. The SMILES string of the molecule is NC(CCC(CC(N)c1ccc(-c2cccc(Cl)c2Cl)cc1)c1cccc2ccccc12)c1ccccc1. The van der Waals surface area contributed by atoms with E-state index >= 15 is 0 Å². The van der Waals surface area contributed by atoms with Crippen LogP contribution in [-0.4, -0.2) is 0 Å². The molecule has 0 aliphatic rings. The van der Waals surface area contributed by atoms with Gasteiger partial charge in [0.05, 0.1) is 10.0 Å². The largest absolute Gasteiger partial charge is 0.324 e. The Hall–Kier alpha value is -3.14. The van der Waals surface area contributed by atoms with E-state index in [4.69, 9.17) is 34.7 Å². The fraction of sp³-hybridized carbons (Fsp3) is 0.176. The Balaban J connectivity index is 1.40. The molecule has 0 bridgehead atoms. The Morgan fingerprint density at radius 3 is 2.03 bits per heavy atom. The molecule has 0 spiro atoms. The van der Waals surface area contributed by atoms with Crippen LogP contribution in [0.15, 0.2) is 115 Å². The second-order valence-corrected chi connectivity index (χ2v) is 10.7. The van der Waals surface area contributed by atoms with Crippen LogP contribution >= 0.6 is 23.2 Å². The predicted molar refractivity (Wildman–Crippen MR) is 163 cm³/mol. The third-order valence-electron chi connectivity index (χ3n) is 7.46. The average Bonchev–Trinajstić information content (AvgIpc) is 2.96. The van der Waals surface area contributed by atoms with Crippen molar-refractivity contribution in [1.29, 1.82) is 0 Å². The van der Waals surface area contributed by atoms with Gasteiger partial charge in [-0.1, -0.05) is 132 Å². The third-order valence-corrected chi connectivity index (χ3v) is 8.28. The second kappa shape index (κ2) is 12.1. The van der Waals surface area contributed by atoms with E-state index in [0.29, 0.717) is 10.0 Å². The number of benzene rings is 5. The molecule has 0 heterocycles. The highest BCUT2D eigenvalue weighted by atomic mass is 35.5. The Morgan fingerprint density at radius 2 is 1.24 bits per heavy atom. The van der Waals surface area contributed by atoms with E-state index in [1.165, 1.54) is 21.9 Å². The van der Waals surface area contributed by atoms with Crippen molar-refractivity contribution in [2.75, 3.05) is 0 Å². The summed E-state index contributed by atoms with van der Waals surface area (Å²) in [5.41, 5.74) is 19.0. The van der Waals surface area contributed by atoms with E-state index in [2.05, 4.69) is 78.9 Å². The standard InChI is InChI=1S/C34H32Cl2N2/c35-31-15-7-14-30(34(31)36)24-16-18-26(19-17-24)33(38)22-27(20-21-32(37)25-9-2-1-3-10-25)29-13-6-11-23-8-4-5-12-28(23)29/h1-19,27,32-33H,20-22,37-38H2. The zero-order chi connectivity index (χ0) is 26.5. The van der Waals surface area contributed by atoms with Crippen LogP contribution in [0, 0.1) is 0 Å². The van der Waals surface area contributed by atoms with Gasteiger partial charge in [0, 0.05) is 17.6 Å². The average molecular weight is 540 g/mol. The van der Waals surface area contributed by atoms with Gasteiger partial charge in [-0.05, 0) is 64.3 Å². The first-order valence-corrected chi connectivity index (χ1v) is 13.8. The van der Waals surface area contributed by atoms with Gasteiger partial charge in [-0.3, -0.25) is 0 Å². The van der Waals surface area contributed by atoms with Crippen LogP contribution in [-0.2, 0) is 0 Å². The first-order valence-electron chi connectivity index (χ1n) is 13.1. The second-order valence-electron chi connectivity index (χ2n) is 9.93. The fourth-order valence-electron chi connectivity index (χ4n) is 5.33. The normalized spacial score (nSPS) is 13.8. The molecule has 4 heteroatoms. The highest BCUT2D eigenvalue weighted by Gasteiger charge is 2.21. The molecule has 0 saturated carbocycles. The number of rotatable bonds is 9. The van der Waals surface area contributed by atoms with Crippen LogP contribution in [0.2, 0.25) is 10.0 Å². The van der Waals surface area contributed by atoms with Crippen molar-refractivity contribution in [3.05, 3.63) is 142 Å². The van der Waals surface area contributed by atoms with Gasteiger partial charge in [0.1, 0.15) is 0 Å². The summed E-state index contributed by atoms with van der Waals surface area (Å²) in [6.07, 6.45) is 2.66. The van der Waals surface area contributed by atoms with Crippen LogP contribution in [0.3, 0.4) is 0 Å². The van der Waals surface area contributed by atoms with Gasteiger partial charge in [0.2, 0.25) is 0 Å². The van der Waals surface area contributed by atoms with Crippen LogP contribution in [0.5, 0.6) is 0 Å². The van der Waals surface area contributed by atoms with Crippen molar-refractivity contribution in [1.82, 2.24) is 0 Å². The lowest BCUT2D eigenvalue weighted by molar-refractivity contribution is 0.476. The quantitative estimate of drug-likeness (QED) is 0.196. The molecule has 192 valence electrons. The summed E-state index contributed by atoms with van der Waals surface area (Å²) < 4.78 is 0. The summed E-state index contributed by atoms with van der Waals surface area (Å²) in [7, 11) is 0. The lowest BCUT2D eigenvalue weighted by atomic mass is 9.82. The lowest BCUT2D eigenvalue weighted by Gasteiger charge is -2.25. The van der Waals surface area contributed by atoms with Crippen LogP contribution in [0.1, 0.15) is 54.0 Å². The number of hydrogen-bond donors (Lipinski definition) is 2. The number of fused-ring (bicyclic) bond motifs is 1. The summed E-state index contributed by atoms with van der Waals surface area (Å²) in [5.74, 6) is 0.271. The Bertz CT molecular complexity index is 1490. The molecule has 5 rings (SSSR count). The maximum Gasteiger partial charge on any atom is 0.0670 e. The van der Waals surface area contributed by atoms with Gasteiger partial charge >= 0.3 is 0 Å². The monoisotopic (exact) mass is 538 g/mol. The molecule has 0 saturated heterocycles. The van der Waals surface area contributed by atoms with E-state index in [0.717, 1.165) is 36.0 Å².